The van der Waals surface area contributed by atoms with Gasteiger partial charge in [-0.05, 0) is 24.6 Å². The molecule has 1 aliphatic heterocycles. The Morgan fingerprint density at radius 3 is 2.72 bits per heavy atom. The van der Waals surface area contributed by atoms with Crippen LogP contribution in [-0.2, 0) is 0 Å². The zero-order valence-electron chi connectivity index (χ0n) is 10.6. The van der Waals surface area contributed by atoms with Crippen molar-refractivity contribution < 1.29 is 14.6 Å². The van der Waals surface area contributed by atoms with Gasteiger partial charge in [-0.3, -0.25) is 4.79 Å². The lowest BCUT2D eigenvalue weighted by atomic mass is 9.88. The molecule has 0 spiro atoms. The summed E-state index contributed by atoms with van der Waals surface area (Å²) in [7, 11) is 1.47. The van der Waals surface area contributed by atoms with Crippen molar-refractivity contribution in [1.82, 2.24) is 4.90 Å². The van der Waals surface area contributed by atoms with E-state index in [4.69, 9.17) is 10.5 Å². The van der Waals surface area contributed by atoms with Crippen molar-refractivity contribution in [3.8, 4) is 11.5 Å². The lowest BCUT2D eigenvalue weighted by molar-refractivity contribution is 0.0401. The minimum atomic E-state index is -0.246. The van der Waals surface area contributed by atoms with Crippen LogP contribution in [0.25, 0.3) is 0 Å². The zero-order chi connectivity index (χ0) is 13.3. The number of likely N-dealkylation sites (tertiary alicyclic amines) is 1. The summed E-state index contributed by atoms with van der Waals surface area (Å²) in [6, 6.07) is 4.64. The summed E-state index contributed by atoms with van der Waals surface area (Å²) in [5, 5.41) is 9.64. The molecule has 1 aliphatic rings. The molecule has 1 heterocycles. The Bertz CT molecular complexity index is 467. The fourth-order valence-electron chi connectivity index (χ4n) is 2.09. The largest absolute Gasteiger partial charge is 0.504 e. The standard InChI is InChI=1S/C13H18N2O3/c1-3-13(14)7-15(8-13)12(17)9-4-5-11(18-2)10(16)6-9/h4-6,16H,3,7-8,14H2,1-2H3. The van der Waals surface area contributed by atoms with Gasteiger partial charge in [0.25, 0.3) is 5.91 Å². The van der Waals surface area contributed by atoms with Crippen molar-refractivity contribution in [2.75, 3.05) is 20.2 Å². The van der Waals surface area contributed by atoms with Gasteiger partial charge in [-0.2, -0.15) is 0 Å². The number of rotatable bonds is 3. The van der Waals surface area contributed by atoms with Crippen LogP contribution in [-0.4, -0.2) is 41.7 Å². The molecule has 5 nitrogen and oxygen atoms in total. The van der Waals surface area contributed by atoms with E-state index in [0.29, 0.717) is 24.4 Å². The van der Waals surface area contributed by atoms with Gasteiger partial charge in [0.1, 0.15) is 0 Å². The van der Waals surface area contributed by atoms with E-state index >= 15 is 0 Å². The molecular formula is C13H18N2O3. The fraction of sp³-hybridized carbons (Fsp3) is 0.462. The Morgan fingerprint density at radius 1 is 1.56 bits per heavy atom. The molecule has 0 saturated carbocycles. The number of carbonyl (C=O) groups is 1. The van der Waals surface area contributed by atoms with Gasteiger partial charge in [0, 0.05) is 18.7 Å². The predicted octanol–water partition coefficient (Wildman–Crippen LogP) is 0.964. The van der Waals surface area contributed by atoms with Crippen molar-refractivity contribution in [2.45, 2.75) is 18.9 Å². The van der Waals surface area contributed by atoms with Crippen molar-refractivity contribution in [2.24, 2.45) is 5.73 Å². The van der Waals surface area contributed by atoms with Gasteiger partial charge >= 0.3 is 0 Å². The third kappa shape index (κ3) is 2.13. The van der Waals surface area contributed by atoms with Crippen molar-refractivity contribution >= 4 is 5.91 Å². The number of ether oxygens (including phenoxy) is 1. The molecule has 0 aliphatic carbocycles. The second-order valence-corrected chi connectivity index (χ2v) is 4.76. The molecule has 1 fully saturated rings. The Morgan fingerprint density at radius 2 is 2.22 bits per heavy atom. The van der Waals surface area contributed by atoms with Gasteiger partial charge in [0.2, 0.25) is 0 Å². The highest BCUT2D eigenvalue weighted by Crippen LogP contribution is 2.29. The van der Waals surface area contributed by atoms with E-state index in [1.165, 1.54) is 13.2 Å². The second kappa shape index (κ2) is 4.49. The molecule has 5 heteroatoms. The van der Waals surface area contributed by atoms with E-state index in [0.717, 1.165) is 6.42 Å². The van der Waals surface area contributed by atoms with Crippen LogP contribution in [0.15, 0.2) is 18.2 Å². The summed E-state index contributed by atoms with van der Waals surface area (Å²) in [6.45, 7) is 3.14. The average Bonchev–Trinajstić information content (AvgIpc) is 2.34. The monoisotopic (exact) mass is 250 g/mol. The van der Waals surface area contributed by atoms with Crippen molar-refractivity contribution in [3.63, 3.8) is 0 Å². The minimum Gasteiger partial charge on any atom is -0.504 e. The molecule has 0 aromatic heterocycles. The number of phenols is 1. The molecule has 0 atom stereocenters. The van der Waals surface area contributed by atoms with Gasteiger partial charge < -0.3 is 20.5 Å². The lowest BCUT2D eigenvalue weighted by Gasteiger charge is -2.47. The third-order valence-electron chi connectivity index (χ3n) is 3.43. The van der Waals surface area contributed by atoms with E-state index < -0.39 is 0 Å². The first-order valence-corrected chi connectivity index (χ1v) is 5.94. The maximum absolute atomic E-state index is 12.1. The molecule has 1 aromatic carbocycles. The molecule has 0 bridgehead atoms. The van der Waals surface area contributed by atoms with Crippen molar-refractivity contribution in [3.05, 3.63) is 23.8 Å². The van der Waals surface area contributed by atoms with E-state index in [1.807, 2.05) is 6.92 Å². The Hall–Kier alpha value is -1.75. The summed E-state index contributed by atoms with van der Waals surface area (Å²) < 4.78 is 4.94. The summed E-state index contributed by atoms with van der Waals surface area (Å²) in [4.78, 5) is 13.8. The molecule has 1 saturated heterocycles. The van der Waals surface area contributed by atoms with E-state index in [9.17, 15) is 9.90 Å². The number of phenolic OH excluding ortho intramolecular Hbond substituents is 1. The first-order valence-electron chi connectivity index (χ1n) is 5.94. The summed E-state index contributed by atoms with van der Waals surface area (Å²) >= 11 is 0. The molecule has 0 radical (unpaired) electrons. The van der Waals surface area contributed by atoms with Crippen LogP contribution in [0, 0.1) is 0 Å². The molecule has 1 amide bonds. The number of hydrogen-bond donors (Lipinski definition) is 2. The highest BCUT2D eigenvalue weighted by molar-refractivity contribution is 5.95. The molecular weight excluding hydrogens is 232 g/mol. The van der Waals surface area contributed by atoms with Crippen LogP contribution in [0.1, 0.15) is 23.7 Å². The van der Waals surface area contributed by atoms with Gasteiger partial charge in [-0.15, -0.1) is 0 Å². The van der Waals surface area contributed by atoms with Crippen molar-refractivity contribution in [1.29, 1.82) is 0 Å². The number of aromatic hydroxyl groups is 1. The predicted molar refractivity (Wildman–Crippen MR) is 67.8 cm³/mol. The maximum Gasteiger partial charge on any atom is 0.254 e. The summed E-state index contributed by atoms with van der Waals surface area (Å²) in [5.74, 6) is 0.220. The molecule has 2 rings (SSSR count). The Labute approximate surface area is 106 Å². The van der Waals surface area contributed by atoms with Gasteiger partial charge in [-0.1, -0.05) is 6.92 Å². The summed E-state index contributed by atoms with van der Waals surface area (Å²) in [6.07, 6.45) is 0.852. The van der Waals surface area contributed by atoms with Gasteiger partial charge in [0.15, 0.2) is 11.5 Å². The van der Waals surface area contributed by atoms with E-state index in [2.05, 4.69) is 0 Å². The summed E-state index contributed by atoms with van der Waals surface area (Å²) in [5.41, 5.74) is 6.23. The number of benzene rings is 1. The lowest BCUT2D eigenvalue weighted by Crippen LogP contribution is -2.68. The van der Waals surface area contributed by atoms with Crippen LogP contribution in [0.5, 0.6) is 11.5 Å². The van der Waals surface area contributed by atoms with Crippen LogP contribution in [0.2, 0.25) is 0 Å². The van der Waals surface area contributed by atoms with Crippen LogP contribution >= 0.6 is 0 Å². The zero-order valence-corrected chi connectivity index (χ0v) is 10.6. The quantitative estimate of drug-likeness (QED) is 0.838. The molecule has 98 valence electrons. The minimum absolute atomic E-state index is 0.0293. The third-order valence-corrected chi connectivity index (χ3v) is 3.43. The van der Waals surface area contributed by atoms with Gasteiger partial charge in [0.05, 0.1) is 12.6 Å². The smallest absolute Gasteiger partial charge is 0.254 e. The average molecular weight is 250 g/mol. The Balaban J connectivity index is 2.09. The molecule has 18 heavy (non-hydrogen) atoms. The maximum atomic E-state index is 12.1. The van der Waals surface area contributed by atoms with E-state index in [1.54, 1.807) is 17.0 Å². The first-order chi connectivity index (χ1) is 8.49. The number of hydrogen-bond acceptors (Lipinski definition) is 4. The fourth-order valence-corrected chi connectivity index (χ4v) is 2.09. The topological polar surface area (TPSA) is 75.8 Å². The van der Waals surface area contributed by atoms with Gasteiger partial charge in [-0.25, -0.2) is 0 Å². The SMILES string of the molecule is CCC1(N)CN(C(=O)c2ccc(OC)c(O)c2)C1. The normalized spacial score (nSPS) is 17.2. The number of methoxy groups -OCH3 is 1. The van der Waals surface area contributed by atoms with Crippen LogP contribution in [0.3, 0.4) is 0 Å². The van der Waals surface area contributed by atoms with Crippen LogP contribution < -0.4 is 10.5 Å². The highest BCUT2D eigenvalue weighted by Gasteiger charge is 2.40. The second-order valence-electron chi connectivity index (χ2n) is 4.76. The van der Waals surface area contributed by atoms with E-state index in [-0.39, 0.29) is 17.2 Å². The Kier molecular flexibility index (Phi) is 3.17. The first kappa shape index (κ1) is 12.7. The highest BCUT2D eigenvalue weighted by atomic mass is 16.5. The molecule has 0 unspecified atom stereocenters. The van der Waals surface area contributed by atoms with Crippen LogP contribution in [0.4, 0.5) is 0 Å². The number of nitrogens with zero attached hydrogens (tertiary/aromatic N) is 1. The number of amides is 1. The molecule has 1 aromatic rings. The number of nitrogens with two attached hydrogens (primary N) is 1. The molecule has 3 N–H and O–H groups in total. The number of carbonyl (C=O) groups excluding carboxylic acids is 1.